The predicted molar refractivity (Wildman–Crippen MR) is 184 cm³/mol. The molecule has 0 spiro atoms. The van der Waals surface area contributed by atoms with Gasteiger partial charge in [0.1, 0.15) is 11.4 Å². The van der Waals surface area contributed by atoms with Crippen LogP contribution in [0.2, 0.25) is 0 Å². The van der Waals surface area contributed by atoms with Crippen molar-refractivity contribution >= 4 is 0 Å². The lowest BCUT2D eigenvalue weighted by molar-refractivity contribution is -0.0845. The minimum atomic E-state index is -0.933. The minimum absolute atomic E-state index is 0.0694. The Morgan fingerprint density at radius 1 is 0.936 bits per heavy atom. The molecule has 1 N–H and O–H groups in total. The molecular weight excluding hydrogens is 590 g/mol. The van der Waals surface area contributed by atoms with Crippen LogP contribution in [0.25, 0.3) is 0 Å². The molecule has 8 heteroatoms. The van der Waals surface area contributed by atoms with Crippen LogP contribution >= 0.6 is 0 Å². The first-order valence-corrected chi connectivity index (χ1v) is 16.7. The van der Waals surface area contributed by atoms with Gasteiger partial charge in [-0.1, -0.05) is 93.6 Å². The van der Waals surface area contributed by atoms with Crippen molar-refractivity contribution in [3.8, 4) is 5.75 Å². The van der Waals surface area contributed by atoms with Crippen LogP contribution in [0.1, 0.15) is 68.5 Å². The smallest absolute Gasteiger partial charge is 0.330 e. The molecule has 4 atom stereocenters. The first kappa shape index (κ1) is 32.9. The van der Waals surface area contributed by atoms with Crippen LogP contribution in [0.3, 0.4) is 0 Å². The van der Waals surface area contributed by atoms with Crippen molar-refractivity contribution in [3.63, 3.8) is 0 Å². The van der Waals surface area contributed by atoms with Crippen LogP contribution < -0.4 is 16.0 Å². The summed E-state index contributed by atoms with van der Waals surface area (Å²) < 4.78 is 21.1. The van der Waals surface area contributed by atoms with Crippen LogP contribution in [0.4, 0.5) is 0 Å². The van der Waals surface area contributed by atoms with E-state index in [4.69, 9.17) is 14.2 Å². The summed E-state index contributed by atoms with van der Waals surface area (Å²) >= 11 is 0. The standard InChI is InChI=1S/C39H47N3O5/c1-27-20-21-41(26-38(3,4)23-27)34-22-33(47-36(34)42-24-28(2)35(43)40-37(42)44)25-46-39(29-12-8-6-9-13-29,30-14-10-7-11-15-30)31-16-18-32(45-5)19-17-31/h6-19,24,27,33-34,36H,20-23,25-26H2,1-5H3,(H,40,43,44)/t27?,33-,34+,36+/m0/s1. The second-order valence-electron chi connectivity index (χ2n) is 14.1. The molecule has 0 saturated carbocycles. The van der Waals surface area contributed by atoms with Crippen LogP contribution in [0.5, 0.6) is 5.75 Å². The summed E-state index contributed by atoms with van der Waals surface area (Å²) in [6, 6.07) is 28.5. The molecule has 0 bridgehead atoms. The van der Waals surface area contributed by atoms with Crippen LogP contribution in [0.15, 0.2) is 101 Å². The van der Waals surface area contributed by atoms with Crippen molar-refractivity contribution in [2.45, 2.75) is 70.9 Å². The Labute approximate surface area is 277 Å². The molecule has 0 amide bonds. The third-order valence-corrected chi connectivity index (χ3v) is 9.84. The number of rotatable bonds is 9. The average Bonchev–Trinajstić information content (AvgIpc) is 3.43. The maximum atomic E-state index is 13.3. The number of aromatic amines is 1. The molecule has 0 radical (unpaired) electrons. The summed E-state index contributed by atoms with van der Waals surface area (Å²) in [5, 5.41) is 0. The van der Waals surface area contributed by atoms with Gasteiger partial charge in [0, 0.05) is 18.3 Å². The molecule has 1 unspecified atom stereocenters. The molecule has 248 valence electrons. The zero-order valence-corrected chi connectivity index (χ0v) is 28.1. The molecular formula is C39H47N3O5. The number of ether oxygens (including phenoxy) is 3. The summed E-state index contributed by atoms with van der Waals surface area (Å²) in [4.78, 5) is 30.6. The first-order valence-electron chi connectivity index (χ1n) is 16.7. The second-order valence-corrected chi connectivity index (χ2v) is 14.1. The summed E-state index contributed by atoms with van der Waals surface area (Å²) in [5.41, 5.74) is 1.79. The van der Waals surface area contributed by atoms with Gasteiger partial charge in [-0.25, -0.2) is 4.79 Å². The van der Waals surface area contributed by atoms with Crippen LogP contribution in [-0.4, -0.2) is 53.4 Å². The third-order valence-electron chi connectivity index (χ3n) is 9.84. The molecule has 2 saturated heterocycles. The van der Waals surface area contributed by atoms with Crippen molar-refractivity contribution < 1.29 is 14.2 Å². The fourth-order valence-electron chi connectivity index (χ4n) is 7.74. The molecule has 3 aromatic carbocycles. The summed E-state index contributed by atoms with van der Waals surface area (Å²) in [7, 11) is 1.67. The lowest BCUT2D eigenvalue weighted by Gasteiger charge is -2.37. The minimum Gasteiger partial charge on any atom is -0.497 e. The summed E-state index contributed by atoms with van der Waals surface area (Å²) in [5.74, 6) is 1.37. The van der Waals surface area contributed by atoms with Gasteiger partial charge >= 0.3 is 5.69 Å². The fourth-order valence-corrected chi connectivity index (χ4v) is 7.74. The molecule has 6 rings (SSSR count). The van der Waals surface area contributed by atoms with Crippen molar-refractivity contribution in [2.24, 2.45) is 11.3 Å². The van der Waals surface area contributed by atoms with Gasteiger partial charge in [-0.3, -0.25) is 19.2 Å². The Kier molecular flexibility index (Phi) is 9.55. The highest BCUT2D eigenvalue weighted by Gasteiger charge is 2.45. The van der Waals surface area contributed by atoms with E-state index in [9.17, 15) is 9.59 Å². The molecule has 2 fully saturated rings. The largest absolute Gasteiger partial charge is 0.497 e. The van der Waals surface area contributed by atoms with E-state index in [2.05, 4.69) is 67.1 Å². The molecule has 1 aromatic heterocycles. The maximum absolute atomic E-state index is 13.3. The van der Waals surface area contributed by atoms with Gasteiger partial charge in [0.15, 0.2) is 6.23 Å². The Hall–Kier alpha value is -3.98. The number of likely N-dealkylation sites (tertiary alicyclic amines) is 1. The molecule has 2 aliphatic heterocycles. The predicted octanol–water partition coefficient (Wildman–Crippen LogP) is 6.28. The quantitative estimate of drug-likeness (QED) is 0.218. The van der Waals surface area contributed by atoms with Gasteiger partial charge in [-0.15, -0.1) is 0 Å². The number of aromatic nitrogens is 2. The van der Waals surface area contributed by atoms with E-state index in [1.54, 1.807) is 24.8 Å². The van der Waals surface area contributed by atoms with Crippen molar-refractivity contribution in [3.05, 3.63) is 134 Å². The van der Waals surface area contributed by atoms with Gasteiger partial charge in [0.05, 0.1) is 25.9 Å². The highest BCUT2D eigenvalue weighted by Crippen LogP contribution is 2.43. The zero-order valence-electron chi connectivity index (χ0n) is 28.1. The number of hydrogen-bond acceptors (Lipinski definition) is 6. The normalized spacial score (nSPS) is 23.3. The first-order chi connectivity index (χ1) is 22.6. The molecule has 3 heterocycles. The maximum Gasteiger partial charge on any atom is 0.330 e. The van der Waals surface area contributed by atoms with E-state index in [0.29, 0.717) is 17.9 Å². The zero-order chi connectivity index (χ0) is 33.2. The molecule has 0 aliphatic carbocycles. The number of methoxy groups -OCH3 is 1. The van der Waals surface area contributed by atoms with Crippen molar-refractivity contribution in [1.29, 1.82) is 0 Å². The lowest BCUT2D eigenvalue weighted by atomic mass is 9.80. The van der Waals surface area contributed by atoms with E-state index in [0.717, 1.165) is 48.4 Å². The third kappa shape index (κ3) is 6.86. The number of nitrogens with zero attached hydrogens (tertiary/aromatic N) is 2. The van der Waals surface area contributed by atoms with Gasteiger partial charge in [0.2, 0.25) is 0 Å². The van der Waals surface area contributed by atoms with E-state index in [1.165, 1.54) is 0 Å². The number of nitrogens with one attached hydrogen (secondary N) is 1. The molecule has 47 heavy (non-hydrogen) atoms. The fraction of sp³-hybridized carbons (Fsp3) is 0.436. The second kappa shape index (κ2) is 13.6. The Morgan fingerprint density at radius 2 is 1.55 bits per heavy atom. The summed E-state index contributed by atoms with van der Waals surface area (Å²) in [6.07, 6.45) is 3.67. The number of aryl methyl sites for hydroxylation is 1. The van der Waals surface area contributed by atoms with Gasteiger partial charge < -0.3 is 14.2 Å². The monoisotopic (exact) mass is 637 g/mol. The molecule has 4 aromatic rings. The van der Waals surface area contributed by atoms with E-state index >= 15 is 0 Å². The summed E-state index contributed by atoms with van der Waals surface area (Å²) in [6.45, 7) is 10.8. The van der Waals surface area contributed by atoms with Crippen LogP contribution in [0, 0.1) is 18.3 Å². The molecule has 8 nitrogen and oxygen atoms in total. The molecule has 2 aliphatic rings. The van der Waals surface area contributed by atoms with Crippen molar-refractivity contribution in [2.75, 3.05) is 26.8 Å². The topological polar surface area (TPSA) is 85.8 Å². The number of benzene rings is 3. The van der Waals surface area contributed by atoms with Gasteiger partial charge in [0.25, 0.3) is 5.56 Å². The number of H-pyrrole nitrogens is 1. The van der Waals surface area contributed by atoms with E-state index < -0.39 is 17.5 Å². The average molecular weight is 638 g/mol. The Morgan fingerprint density at radius 3 is 2.17 bits per heavy atom. The highest BCUT2D eigenvalue weighted by atomic mass is 16.6. The number of hydrogen-bond donors (Lipinski definition) is 1. The van der Waals surface area contributed by atoms with Crippen LogP contribution in [-0.2, 0) is 15.1 Å². The van der Waals surface area contributed by atoms with Gasteiger partial charge in [-0.05, 0) is 72.9 Å². The Balaban J connectivity index is 1.39. The van der Waals surface area contributed by atoms with E-state index in [-0.39, 0.29) is 29.7 Å². The van der Waals surface area contributed by atoms with E-state index in [1.807, 2.05) is 48.5 Å². The lowest BCUT2D eigenvalue weighted by Crippen LogP contribution is -2.46. The van der Waals surface area contributed by atoms with Gasteiger partial charge in [-0.2, -0.15) is 0 Å². The van der Waals surface area contributed by atoms with Crippen molar-refractivity contribution in [1.82, 2.24) is 14.5 Å². The SMILES string of the molecule is COc1ccc(C(OC[C@@H]2C[C@@H](N3CCC(C)CC(C)(C)C3)[C@H](n3cc(C)c(=O)[nH]c3=O)O2)(c2ccccc2)c2ccccc2)cc1. The highest BCUT2D eigenvalue weighted by molar-refractivity contribution is 5.48. The Bertz CT molecular complexity index is 1710.